The molecule has 1 aromatic carbocycles. The van der Waals surface area contributed by atoms with Crippen molar-refractivity contribution in [2.45, 2.75) is 6.54 Å². The summed E-state index contributed by atoms with van der Waals surface area (Å²) in [5, 5.41) is 3.01. The van der Waals surface area contributed by atoms with Gasteiger partial charge in [-0.15, -0.1) is 0 Å². The standard InChI is InChI=1S/C11H7BrCl2FNO/c12-10-2-1-7(17-10)5-16-6-3-8(13)11(15)9(14)4-6/h1-4,16H,5H2. The van der Waals surface area contributed by atoms with Gasteiger partial charge in [-0.3, -0.25) is 0 Å². The molecule has 0 saturated heterocycles. The predicted molar refractivity (Wildman–Crippen MR) is 70.2 cm³/mol. The van der Waals surface area contributed by atoms with Crippen molar-refractivity contribution in [2.24, 2.45) is 0 Å². The third kappa shape index (κ3) is 3.15. The lowest BCUT2D eigenvalue weighted by Gasteiger charge is -2.06. The lowest BCUT2D eigenvalue weighted by atomic mass is 10.3. The van der Waals surface area contributed by atoms with E-state index in [1.807, 2.05) is 6.07 Å². The Labute approximate surface area is 116 Å². The van der Waals surface area contributed by atoms with Gasteiger partial charge < -0.3 is 9.73 Å². The van der Waals surface area contributed by atoms with Crippen molar-refractivity contribution < 1.29 is 8.81 Å². The van der Waals surface area contributed by atoms with Gasteiger partial charge >= 0.3 is 0 Å². The van der Waals surface area contributed by atoms with Gasteiger partial charge in [-0.2, -0.15) is 0 Å². The summed E-state index contributed by atoms with van der Waals surface area (Å²) in [5.41, 5.74) is 0.633. The van der Waals surface area contributed by atoms with Crippen molar-refractivity contribution in [3.8, 4) is 0 Å². The van der Waals surface area contributed by atoms with Crippen molar-refractivity contribution in [3.05, 3.63) is 50.6 Å². The summed E-state index contributed by atoms with van der Waals surface area (Å²) in [6, 6.07) is 6.56. The number of halogens is 4. The van der Waals surface area contributed by atoms with Gasteiger partial charge in [0, 0.05) is 5.69 Å². The first kappa shape index (κ1) is 12.7. The summed E-state index contributed by atoms with van der Waals surface area (Å²) in [6.07, 6.45) is 0. The van der Waals surface area contributed by atoms with Crippen molar-refractivity contribution in [3.63, 3.8) is 0 Å². The second-order valence-electron chi connectivity index (χ2n) is 3.31. The molecule has 90 valence electrons. The van der Waals surface area contributed by atoms with Crippen LogP contribution in [0, 0.1) is 5.82 Å². The Bertz CT molecular complexity index is 521. The van der Waals surface area contributed by atoms with Crippen LogP contribution in [0.2, 0.25) is 10.0 Å². The Morgan fingerprint density at radius 1 is 1.24 bits per heavy atom. The molecular formula is C11H7BrCl2FNO. The highest BCUT2D eigenvalue weighted by Gasteiger charge is 2.07. The van der Waals surface area contributed by atoms with Crippen molar-refractivity contribution >= 4 is 44.8 Å². The molecule has 2 rings (SSSR count). The Morgan fingerprint density at radius 3 is 2.41 bits per heavy atom. The molecule has 0 aliphatic rings. The molecule has 0 radical (unpaired) electrons. The number of hydrogen-bond acceptors (Lipinski definition) is 2. The smallest absolute Gasteiger partial charge is 0.169 e. The highest BCUT2D eigenvalue weighted by molar-refractivity contribution is 9.10. The molecule has 0 aliphatic heterocycles. The third-order valence-electron chi connectivity index (χ3n) is 2.08. The Balaban J connectivity index is 2.09. The normalized spacial score (nSPS) is 10.6. The highest BCUT2D eigenvalue weighted by atomic mass is 79.9. The van der Waals surface area contributed by atoms with Crippen LogP contribution in [0.1, 0.15) is 5.76 Å². The van der Waals surface area contributed by atoms with Crippen LogP contribution in [0.15, 0.2) is 33.4 Å². The average Bonchev–Trinajstić information content (AvgIpc) is 2.69. The van der Waals surface area contributed by atoms with E-state index in [1.165, 1.54) is 12.1 Å². The zero-order chi connectivity index (χ0) is 12.4. The van der Waals surface area contributed by atoms with E-state index in [9.17, 15) is 4.39 Å². The van der Waals surface area contributed by atoms with Crippen LogP contribution in [0.3, 0.4) is 0 Å². The Hall–Kier alpha value is -0.710. The van der Waals surface area contributed by atoms with E-state index < -0.39 is 5.82 Å². The summed E-state index contributed by atoms with van der Waals surface area (Å²) in [7, 11) is 0. The summed E-state index contributed by atoms with van der Waals surface area (Å²) >= 11 is 14.6. The molecule has 0 fully saturated rings. The lowest BCUT2D eigenvalue weighted by molar-refractivity contribution is 0.495. The zero-order valence-electron chi connectivity index (χ0n) is 8.44. The SMILES string of the molecule is Fc1c(Cl)cc(NCc2ccc(Br)o2)cc1Cl. The van der Waals surface area contributed by atoms with Gasteiger partial charge in [0.15, 0.2) is 10.5 Å². The van der Waals surface area contributed by atoms with Gasteiger partial charge in [0.05, 0.1) is 16.6 Å². The topological polar surface area (TPSA) is 25.2 Å². The number of rotatable bonds is 3. The molecule has 1 aromatic heterocycles. The van der Waals surface area contributed by atoms with E-state index in [1.54, 1.807) is 6.07 Å². The molecule has 0 atom stereocenters. The molecule has 0 bridgehead atoms. The van der Waals surface area contributed by atoms with Crippen molar-refractivity contribution in [1.82, 2.24) is 0 Å². The van der Waals surface area contributed by atoms with Gasteiger partial charge in [0.25, 0.3) is 0 Å². The summed E-state index contributed by atoms with van der Waals surface area (Å²) in [4.78, 5) is 0. The fourth-order valence-corrected chi connectivity index (χ4v) is 2.12. The molecular weight excluding hydrogens is 332 g/mol. The van der Waals surface area contributed by atoms with Gasteiger partial charge in [0.1, 0.15) is 5.76 Å². The molecule has 2 aromatic rings. The van der Waals surface area contributed by atoms with Crippen LogP contribution in [-0.4, -0.2) is 0 Å². The van der Waals surface area contributed by atoms with Gasteiger partial charge in [-0.05, 0) is 40.2 Å². The van der Waals surface area contributed by atoms with Crippen LogP contribution in [0.5, 0.6) is 0 Å². The molecule has 0 unspecified atom stereocenters. The van der Waals surface area contributed by atoms with Crippen LogP contribution < -0.4 is 5.32 Å². The zero-order valence-corrected chi connectivity index (χ0v) is 11.5. The van der Waals surface area contributed by atoms with E-state index in [4.69, 9.17) is 27.6 Å². The van der Waals surface area contributed by atoms with Crippen molar-refractivity contribution in [1.29, 1.82) is 0 Å². The fourth-order valence-electron chi connectivity index (χ4n) is 1.29. The van der Waals surface area contributed by atoms with E-state index in [0.29, 0.717) is 16.9 Å². The van der Waals surface area contributed by atoms with Crippen LogP contribution >= 0.6 is 39.1 Å². The number of nitrogens with one attached hydrogen (secondary N) is 1. The van der Waals surface area contributed by atoms with E-state index >= 15 is 0 Å². The minimum absolute atomic E-state index is 0.0133. The molecule has 1 heterocycles. The minimum Gasteiger partial charge on any atom is -0.452 e. The van der Waals surface area contributed by atoms with Gasteiger partial charge in [-0.1, -0.05) is 23.2 Å². The first-order valence-corrected chi connectivity index (χ1v) is 6.24. The maximum Gasteiger partial charge on any atom is 0.169 e. The van der Waals surface area contributed by atoms with Crippen LogP contribution in [0.25, 0.3) is 0 Å². The van der Waals surface area contributed by atoms with Crippen molar-refractivity contribution in [2.75, 3.05) is 5.32 Å². The second kappa shape index (κ2) is 5.29. The first-order chi connectivity index (χ1) is 8.06. The number of anilines is 1. The summed E-state index contributed by atoms with van der Waals surface area (Å²) in [5.74, 6) is 0.132. The second-order valence-corrected chi connectivity index (χ2v) is 4.91. The molecule has 0 spiro atoms. The van der Waals surface area contributed by atoms with E-state index in [-0.39, 0.29) is 10.0 Å². The maximum absolute atomic E-state index is 13.2. The number of hydrogen-bond donors (Lipinski definition) is 1. The largest absolute Gasteiger partial charge is 0.452 e. The molecule has 0 aliphatic carbocycles. The Morgan fingerprint density at radius 2 is 1.88 bits per heavy atom. The average molecular weight is 339 g/mol. The van der Waals surface area contributed by atoms with Gasteiger partial charge in [-0.25, -0.2) is 4.39 Å². The van der Waals surface area contributed by atoms with Crippen LogP contribution in [0.4, 0.5) is 10.1 Å². The molecule has 6 heteroatoms. The fraction of sp³-hybridized carbons (Fsp3) is 0.0909. The molecule has 1 N–H and O–H groups in total. The molecule has 2 nitrogen and oxygen atoms in total. The summed E-state index contributed by atoms with van der Waals surface area (Å²) in [6.45, 7) is 0.462. The Kier molecular flexibility index (Phi) is 3.97. The number of furan rings is 1. The first-order valence-electron chi connectivity index (χ1n) is 4.69. The molecule has 0 saturated carbocycles. The number of benzene rings is 1. The van der Waals surface area contributed by atoms with E-state index in [2.05, 4.69) is 21.2 Å². The molecule has 17 heavy (non-hydrogen) atoms. The molecule has 0 amide bonds. The van der Waals surface area contributed by atoms with Gasteiger partial charge in [0.2, 0.25) is 0 Å². The quantitative estimate of drug-likeness (QED) is 0.787. The third-order valence-corrected chi connectivity index (χ3v) is 3.06. The van der Waals surface area contributed by atoms with Crippen LogP contribution in [-0.2, 0) is 6.54 Å². The monoisotopic (exact) mass is 337 g/mol. The lowest BCUT2D eigenvalue weighted by Crippen LogP contribution is -1.98. The minimum atomic E-state index is -0.611. The highest BCUT2D eigenvalue weighted by Crippen LogP contribution is 2.27. The summed E-state index contributed by atoms with van der Waals surface area (Å²) < 4.78 is 19.1. The van der Waals surface area contributed by atoms with E-state index in [0.717, 1.165) is 5.76 Å². The predicted octanol–water partition coefficient (Wildman–Crippen LogP) is 5.10. The maximum atomic E-state index is 13.2.